The van der Waals surface area contributed by atoms with E-state index >= 15 is 0 Å². The van der Waals surface area contributed by atoms with Crippen LogP contribution in [0.3, 0.4) is 0 Å². The molecular formula is C27H27F3N2O8S. The van der Waals surface area contributed by atoms with Gasteiger partial charge in [-0.05, 0) is 57.0 Å². The van der Waals surface area contributed by atoms with Gasteiger partial charge in [0.2, 0.25) is 0 Å². The first-order valence-corrected chi connectivity index (χ1v) is 14.2. The number of benzene rings is 2. The molecule has 0 spiro atoms. The van der Waals surface area contributed by atoms with E-state index in [1.54, 1.807) is 20.8 Å². The summed E-state index contributed by atoms with van der Waals surface area (Å²) < 4.78 is 76.3. The minimum absolute atomic E-state index is 0.0283. The first kappa shape index (κ1) is 29.9. The number of carbonyl (C=O) groups excluding carboxylic acids is 2. The predicted molar refractivity (Wildman–Crippen MR) is 141 cm³/mol. The van der Waals surface area contributed by atoms with Crippen LogP contribution in [0, 0.1) is 0 Å². The van der Waals surface area contributed by atoms with Crippen LogP contribution in [-0.4, -0.2) is 55.0 Å². The van der Waals surface area contributed by atoms with E-state index in [0.29, 0.717) is 5.56 Å². The number of carbonyl (C=O) groups is 2. The number of halogens is 3. The largest absolute Gasteiger partial charge is 0.506 e. The standard InChI is InChI=1S/C27H27F3N2O8S/c1-26(2,3)40-19(33)12-31-24(35)21-23(34)20-18(41(4,37)38)10-9-17-22(20)32(25(21)36)16(13-39-17)11-14-5-7-15(8-6-14)27(28,29)30/h5-10,16,34H,11-13H2,1-4H3,(H,31,35). The molecule has 2 aromatic carbocycles. The summed E-state index contributed by atoms with van der Waals surface area (Å²) in [5.41, 5.74) is -3.24. The molecule has 1 amide bonds. The SMILES string of the molecule is CC(C)(C)OC(=O)CNC(=O)c1c(O)c2c(S(C)(=O)=O)ccc3c2n(c1=O)C(Cc1ccc(C(F)(F)F)cc1)CO3. The summed E-state index contributed by atoms with van der Waals surface area (Å²) in [5, 5.41) is 13.0. The molecule has 2 N–H and O–H groups in total. The highest BCUT2D eigenvalue weighted by Crippen LogP contribution is 2.41. The van der Waals surface area contributed by atoms with Gasteiger partial charge in [0, 0.05) is 6.26 Å². The van der Waals surface area contributed by atoms with Crippen molar-refractivity contribution in [3.05, 3.63) is 63.4 Å². The zero-order valence-corrected chi connectivity index (χ0v) is 23.3. The second-order valence-corrected chi connectivity index (χ2v) is 12.6. The molecule has 10 nitrogen and oxygen atoms in total. The van der Waals surface area contributed by atoms with Crippen molar-refractivity contribution in [2.75, 3.05) is 19.4 Å². The second kappa shape index (κ2) is 10.4. The number of sulfone groups is 1. The van der Waals surface area contributed by atoms with Crippen molar-refractivity contribution in [2.24, 2.45) is 0 Å². The fourth-order valence-corrected chi connectivity index (χ4v) is 5.46. The van der Waals surface area contributed by atoms with Crippen molar-refractivity contribution in [3.63, 3.8) is 0 Å². The van der Waals surface area contributed by atoms with Crippen LogP contribution >= 0.6 is 0 Å². The van der Waals surface area contributed by atoms with Crippen LogP contribution in [0.25, 0.3) is 10.9 Å². The Balaban J connectivity index is 1.86. The van der Waals surface area contributed by atoms with E-state index in [9.17, 15) is 41.1 Å². The number of ether oxygens (including phenoxy) is 2. The van der Waals surface area contributed by atoms with Gasteiger partial charge >= 0.3 is 12.1 Å². The minimum atomic E-state index is -4.55. The highest BCUT2D eigenvalue weighted by Gasteiger charge is 2.34. The Bertz CT molecular complexity index is 1710. The number of esters is 1. The Morgan fingerprint density at radius 1 is 1.12 bits per heavy atom. The number of nitrogens with one attached hydrogen (secondary N) is 1. The maximum absolute atomic E-state index is 13.8. The maximum atomic E-state index is 13.8. The second-order valence-electron chi connectivity index (χ2n) is 10.6. The molecule has 0 saturated carbocycles. The topological polar surface area (TPSA) is 141 Å². The Labute approximate surface area is 232 Å². The lowest BCUT2D eigenvalue weighted by Gasteiger charge is -2.30. The average Bonchev–Trinajstić information content (AvgIpc) is 2.84. The first-order valence-electron chi connectivity index (χ1n) is 12.3. The van der Waals surface area contributed by atoms with Crippen molar-refractivity contribution in [1.82, 2.24) is 9.88 Å². The number of nitrogens with zero attached hydrogens (tertiary/aromatic N) is 1. The summed E-state index contributed by atoms with van der Waals surface area (Å²) in [5.74, 6) is -2.85. The molecule has 0 fully saturated rings. The smallest absolute Gasteiger partial charge is 0.416 e. The molecule has 41 heavy (non-hydrogen) atoms. The zero-order chi connectivity index (χ0) is 30.5. The summed E-state index contributed by atoms with van der Waals surface area (Å²) >= 11 is 0. The van der Waals surface area contributed by atoms with E-state index in [-0.39, 0.29) is 34.6 Å². The lowest BCUT2D eigenvalue weighted by atomic mass is 10.0. The van der Waals surface area contributed by atoms with Crippen LogP contribution in [0.15, 0.2) is 46.1 Å². The fourth-order valence-electron chi connectivity index (χ4n) is 4.58. The summed E-state index contributed by atoms with van der Waals surface area (Å²) in [6.45, 7) is 4.04. The predicted octanol–water partition coefficient (Wildman–Crippen LogP) is 3.38. The van der Waals surface area contributed by atoms with Gasteiger partial charge in [0.25, 0.3) is 11.5 Å². The summed E-state index contributed by atoms with van der Waals surface area (Å²) in [6.07, 6.45) is -3.70. The van der Waals surface area contributed by atoms with Gasteiger partial charge in [-0.1, -0.05) is 12.1 Å². The highest BCUT2D eigenvalue weighted by molar-refractivity contribution is 7.91. The molecule has 1 atom stereocenters. The summed E-state index contributed by atoms with van der Waals surface area (Å²) in [6, 6.07) is 5.83. The molecule has 1 aliphatic rings. The third-order valence-corrected chi connectivity index (χ3v) is 7.38. The van der Waals surface area contributed by atoms with E-state index < -0.39 is 68.5 Å². The Morgan fingerprint density at radius 2 is 1.76 bits per heavy atom. The van der Waals surface area contributed by atoms with E-state index in [1.165, 1.54) is 24.3 Å². The number of pyridine rings is 1. The third kappa shape index (κ3) is 6.16. The lowest BCUT2D eigenvalue weighted by molar-refractivity contribution is -0.153. The molecule has 1 unspecified atom stereocenters. The van der Waals surface area contributed by atoms with Gasteiger partial charge in [-0.25, -0.2) is 8.42 Å². The number of aromatic hydroxyl groups is 1. The van der Waals surface area contributed by atoms with Crippen molar-refractivity contribution in [2.45, 2.75) is 49.9 Å². The number of hydrogen-bond donors (Lipinski definition) is 2. The van der Waals surface area contributed by atoms with Crippen molar-refractivity contribution in [3.8, 4) is 11.5 Å². The van der Waals surface area contributed by atoms with Gasteiger partial charge in [-0.15, -0.1) is 0 Å². The number of aromatic nitrogens is 1. The number of alkyl halides is 3. The van der Waals surface area contributed by atoms with Crippen LogP contribution in [0.2, 0.25) is 0 Å². The summed E-state index contributed by atoms with van der Waals surface area (Å²) in [4.78, 5) is 38.6. The fraction of sp³-hybridized carbons (Fsp3) is 0.370. The molecule has 0 aliphatic carbocycles. The quantitative estimate of drug-likeness (QED) is 0.413. The van der Waals surface area contributed by atoms with Crippen LogP contribution in [-0.2, 0) is 32.0 Å². The number of rotatable bonds is 6. The van der Waals surface area contributed by atoms with Gasteiger partial charge in [-0.3, -0.25) is 19.0 Å². The van der Waals surface area contributed by atoms with Crippen molar-refractivity contribution < 1.29 is 45.8 Å². The van der Waals surface area contributed by atoms with Crippen LogP contribution in [0.5, 0.6) is 11.5 Å². The van der Waals surface area contributed by atoms with E-state index in [4.69, 9.17) is 9.47 Å². The van der Waals surface area contributed by atoms with Crippen LogP contribution in [0.1, 0.15) is 48.3 Å². The Hall–Kier alpha value is -4.07. The first-order chi connectivity index (χ1) is 18.9. The van der Waals surface area contributed by atoms with Crippen LogP contribution < -0.4 is 15.6 Å². The number of hydrogen-bond acceptors (Lipinski definition) is 8. The van der Waals surface area contributed by atoms with Gasteiger partial charge in [0.15, 0.2) is 9.84 Å². The van der Waals surface area contributed by atoms with E-state index in [2.05, 4.69) is 5.32 Å². The molecule has 0 radical (unpaired) electrons. The third-order valence-electron chi connectivity index (χ3n) is 6.24. The van der Waals surface area contributed by atoms with E-state index in [1.807, 2.05) is 0 Å². The van der Waals surface area contributed by atoms with Crippen molar-refractivity contribution in [1.29, 1.82) is 0 Å². The summed E-state index contributed by atoms with van der Waals surface area (Å²) in [7, 11) is -4.01. The molecule has 0 saturated heterocycles. The van der Waals surface area contributed by atoms with E-state index in [0.717, 1.165) is 23.0 Å². The molecule has 0 bridgehead atoms. The highest BCUT2D eigenvalue weighted by atomic mass is 32.2. The average molecular weight is 597 g/mol. The number of amides is 1. The molecule has 2 heterocycles. The molecule has 3 aromatic rings. The Kier molecular flexibility index (Phi) is 7.58. The zero-order valence-electron chi connectivity index (χ0n) is 22.5. The van der Waals surface area contributed by atoms with Gasteiger partial charge in [-0.2, -0.15) is 13.2 Å². The molecule has 4 rings (SSSR count). The maximum Gasteiger partial charge on any atom is 0.416 e. The monoisotopic (exact) mass is 596 g/mol. The molecule has 220 valence electrons. The lowest BCUT2D eigenvalue weighted by Crippen LogP contribution is -2.40. The van der Waals surface area contributed by atoms with Gasteiger partial charge < -0.3 is 19.9 Å². The van der Waals surface area contributed by atoms with Gasteiger partial charge in [0.1, 0.15) is 35.8 Å². The van der Waals surface area contributed by atoms with Crippen molar-refractivity contribution >= 4 is 32.6 Å². The Morgan fingerprint density at radius 3 is 2.32 bits per heavy atom. The molecular weight excluding hydrogens is 569 g/mol. The van der Waals surface area contributed by atoms with Gasteiger partial charge in [0.05, 0.1) is 27.4 Å². The van der Waals surface area contributed by atoms with Crippen LogP contribution in [0.4, 0.5) is 13.2 Å². The molecule has 1 aliphatic heterocycles. The minimum Gasteiger partial charge on any atom is -0.506 e. The molecule has 1 aromatic heterocycles. The normalized spacial score (nSPS) is 15.3. The molecule has 14 heteroatoms.